The Bertz CT molecular complexity index is 1090. The van der Waals surface area contributed by atoms with E-state index in [2.05, 4.69) is 29.0 Å². The number of nitrogens with zero attached hydrogens (tertiary/aromatic N) is 3. The molecule has 2 amide bonds. The number of likely N-dealkylation sites (tertiary alicyclic amines) is 1. The smallest absolute Gasteiger partial charge is 0.274 e. The van der Waals surface area contributed by atoms with Crippen molar-refractivity contribution in [2.75, 3.05) is 13.7 Å². The first-order valence-corrected chi connectivity index (χ1v) is 13.2. The number of carbonyl (C=O) groups is 2. The summed E-state index contributed by atoms with van der Waals surface area (Å²) >= 11 is 0. The molecule has 8 nitrogen and oxygen atoms in total. The predicted octanol–water partition coefficient (Wildman–Crippen LogP) is 4.71. The average molecular weight is 500 g/mol. The van der Waals surface area contributed by atoms with Crippen LogP contribution in [0.5, 0.6) is 5.88 Å². The Morgan fingerprint density at radius 2 is 2.08 bits per heavy atom. The summed E-state index contributed by atoms with van der Waals surface area (Å²) in [7, 11) is 1.46. The van der Waals surface area contributed by atoms with Crippen LogP contribution in [0.15, 0.2) is 18.3 Å². The molecule has 9 heteroatoms. The topological polar surface area (TPSA) is 114 Å². The number of rotatable bonds is 11. The van der Waals surface area contributed by atoms with E-state index in [9.17, 15) is 14.0 Å². The van der Waals surface area contributed by atoms with Gasteiger partial charge in [-0.15, -0.1) is 0 Å². The summed E-state index contributed by atoms with van der Waals surface area (Å²) in [4.78, 5) is 31.6. The zero-order chi connectivity index (χ0) is 25.9. The monoisotopic (exact) mass is 499 g/mol. The second-order valence-electron chi connectivity index (χ2n) is 10.4. The standard InChI is InChI=1S/C27H38FN5O3/c1-4-6-7-8-9-17(5-2)20-15-27(20)14-18(25(29)34)10-11-33(27)26(35)23-13-22(31-32-23)19-12-24(36-3)30-16-21(19)28/h12-13,16-18,20H,4-11,14-15H2,1-3H3,(H2,29,34)(H,31,32). The third kappa shape index (κ3) is 5.11. The lowest BCUT2D eigenvalue weighted by atomic mass is 9.82. The third-order valence-corrected chi connectivity index (χ3v) is 8.24. The Morgan fingerprint density at radius 3 is 2.78 bits per heavy atom. The highest BCUT2D eigenvalue weighted by Gasteiger charge is 2.64. The average Bonchev–Trinajstić information content (AvgIpc) is 3.34. The Kier molecular flexibility index (Phi) is 7.95. The van der Waals surface area contributed by atoms with E-state index in [1.54, 1.807) is 6.07 Å². The first-order valence-electron chi connectivity index (χ1n) is 13.2. The van der Waals surface area contributed by atoms with Crippen LogP contribution in [0.3, 0.4) is 0 Å². The molecule has 3 heterocycles. The van der Waals surface area contributed by atoms with E-state index in [1.807, 2.05) is 4.90 Å². The number of ether oxygens (including phenoxy) is 1. The summed E-state index contributed by atoms with van der Waals surface area (Å²) < 4.78 is 19.5. The number of aromatic amines is 1. The van der Waals surface area contributed by atoms with Crippen LogP contribution < -0.4 is 10.5 Å². The maximum absolute atomic E-state index is 14.4. The number of aromatic nitrogens is 3. The van der Waals surface area contributed by atoms with E-state index in [-0.39, 0.29) is 40.4 Å². The summed E-state index contributed by atoms with van der Waals surface area (Å²) in [5.74, 6) is -0.0882. The second kappa shape index (κ2) is 11.0. The van der Waals surface area contributed by atoms with Crippen LogP contribution >= 0.6 is 0 Å². The molecule has 1 aliphatic carbocycles. The normalized spacial score (nSPS) is 24.1. The highest BCUT2D eigenvalue weighted by molar-refractivity contribution is 5.94. The number of hydrogen-bond donors (Lipinski definition) is 2. The molecule has 4 rings (SSSR count). The van der Waals surface area contributed by atoms with Crippen molar-refractivity contribution >= 4 is 11.8 Å². The minimum absolute atomic E-state index is 0.190. The van der Waals surface area contributed by atoms with E-state index in [1.165, 1.54) is 38.9 Å². The Balaban J connectivity index is 1.56. The van der Waals surface area contributed by atoms with E-state index in [0.29, 0.717) is 36.9 Å². The molecule has 0 radical (unpaired) electrons. The highest BCUT2D eigenvalue weighted by atomic mass is 19.1. The lowest BCUT2D eigenvalue weighted by Crippen LogP contribution is -2.52. The Labute approximate surface area is 212 Å². The fraction of sp³-hybridized carbons (Fsp3) is 0.630. The fourth-order valence-corrected chi connectivity index (χ4v) is 6.13. The van der Waals surface area contributed by atoms with Gasteiger partial charge in [-0.3, -0.25) is 14.7 Å². The van der Waals surface area contributed by atoms with Crippen LogP contribution in [0.4, 0.5) is 4.39 Å². The summed E-state index contributed by atoms with van der Waals surface area (Å²) in [6.45, 7) is 4.89. The number of nitrogens with one attached hydrogen (secondary N) is 1. The molecule has 0 aromatic carbocycles. The minimum Gasteiger partial charge on any atom is -0.481 e. The van der Waals surface area contributed by atoms with Gasteiger partial charge < -0.3 is 15.4 Å². The number of primary amides is 1. The zero-order valence-corrected chi connectivity index (χ0v) is 21.6. The zero-order valence-electron chi connectivity index (χ0n) is 21.6. The van der Waals surface area contributed by atoms with E-state index in [4.69, 9.17) is 10.5 Å². The summed E-state index contributed by atoms with van der Waals surface area (Å²) in [5.41, 5.74) is 6.21. The van der Waals surface area contributed by atoms with Gasteiger partial charge in [0.15, 0.2) is 11.5 Å². The van der Waals surface area contributed by atoms with Gasteiger partial charge in [0.2, 0.25) is 11.8 Å². The van der Waals surface area contributed by atoms with Crippen LogP contribution in [-0.4, -0.2) is 51.1 Å². The molecular formula is C27H38FN5O3. The number of nitrogens with two attached hydrogens (primary N) is 1. The molecule has 1 saturated heterocycles. The van der Waals surface area contributed by atoms with Crippen LogP contribution in [0, 0.1) is 23.6 Å². The maximum Gasteiger partial charge on any atom is 0.274 e. The molecule has 2 aromatic rings. The molecule has 2 fully saturated rings. The SMILES string of the molecule is CCCCCCC(CC)C1CC12CC(C(N)=O)CCN2C(=O)c1cc(-c2cc(OC)ncc2F)[nH]n1. The number of pyridine rings is 1. The number of methoxy groups -OCH3 is 1. The number of halogens is 1. The number of H-pyrrole nitrogens is 1. The lowest BCUT2D eigenvalue weighted by molar-refractivity contribution is -0.124. The first-order chi connectivity index (χ1) is 17.3. The molecule has 1 aliphatic heterocycles. The highest BCUT2D eigenvalue weighted by Crippen LogP contribution is 2.60. The second-order valence-corrected chi connectivity index (χ2v) is 10.4. The Hall–Kier alpha value is -2.97. The minimum atomic E-state index is -0.534. The summed E-state index contributed by atoms with van der Waals surface area (Å²) in [6, 6.07) is 3.05. The summed E-state index contributed by atoms with van der Waals surface area (Å²) in [5, 5.41) is 7.04. The van der Waals surface area contributed by atoms with Gasteiger partial charge in [0, 0.05) is 29.6 Å². The number of piperidine rings is 1. The van der Waals surface area contributed by atoms with Gasteiger partial charge in [0.1, 0.15) is 0 Å². The van der Waals surface area contributed by atoms with Crippen LogP contribution in [0.1, 0.15) is 82.1 Å². The molecule has 1 spiro atoms. The van der Waals surface area contributed by atoms with Crippen molar-refractivity contribution in [2.24, 2.45) is 23.5 Å². The molecule has 0 bridgehead atoms. The van der Waals surface area contributed by atoms with Gasteiger partial charge in [-0.25, -0.2) is 9.37 Å². The van der Waals surface area contributed by atoms with Crippen molar-refractivity contribution in [2.45, 2.75) is 77.2 Å². The van der Waals surface area contributed by atoms with Crippen LogP contribution in [0.2, 0.25) is 0 Å². The number of hydrogen-bond acceptors (Lipinski definition) is 5. The van der Waals surface area contributed by atoms with Crippen molar-refractivity contribution in [3.8, 4) is 17.1 Å². The van der Waals surface area contributed by atoms with Gasteiger partial charge in [-0.05, 0) is 37.2 Å². The maximum atomic E-state index is 14.4. The van der Waals surface area contributed by atoms with Gasteiger partial charge in [0.25, 0.3) is 5.91 Å². The van der Waals surface area contributed by atoms with E-state index >= 15 is 0 Å². The number of carbonyl (C=O) groups excluding carboxylic acids is 2. The lowest BCUT2D eigenvalue weighted by Gasteiger charge is -2.41. The molecule has 4 atom stereocenters. The van der Waals surface area contributed by atoms with Gasteiger partial charge >= 0.3 is 0 Å². The van der Waals surface area contributed by atoms with Gasteiger partial charge in [0.05, 0.1) is 19.0 Å². The predicted molar refractivity (Wildman–Crippen MR) is 135 cm³/mol. The molecule has 4 unspecified atom stereocenters. The van der Waals surface area contributed by atoms with Crippen molar-refractivity contribution in [3.63, 3.8) is 0 Å². The summed E-state index contributed by atoms with van der Waals surface area (Å²) in [6.07, 6.45) is 10.2. The molecular weight excluding hydrogens is 461 g/mol. The Morgan fingerprint density at radius 1 is 1.28 bits per heavy atom. The van der Waals surface area contributed by atoms with Crippen molar-refractivity contribution in [3.05, 3.63) is 29.8 Å². The van der Waals surface area contributed by atoms with E-state index < -0.39 is 5.82 Å². The number of unbranched alkanes of at least 4 members (excludes halogenated alkanes) is 3. The molecule has 36 heavy (non-hydrogen) atoms. The first kappa shape index (κ1) is 26.1. The fourth-order valence-electron chi connectivity index (χ4n) is 6.13. The van der Waals surface area contributed by atoms with Crippen molar-refractivity contribution in [1.29, 1.82) is 0 Å². The van der Waals surface area contributed by atoms with Crippen LogP contribution in [0.25, 0.3) is 11.3 Å². The van der Waals surface area contributed by atoms with Crippen molar-refractivity contribution < 1.29 is 18.7 Å². The molecule has 2 aromatic heterocycles. The van der Waals surface area contributed by atoms with Gasteiger partial charge in [-0.2, -0.15) is 5.10 Å². The third-order valence-electron chi connectivity index (χ3n) is 8.24. The van der Waals surface area contributed by atoms with E-state index in [0.717, 1.165) is 25.5 Å². The molecule has 3 N–H and O–H groups in total. The van der Waals surface area contributed by atoms with Gasteiger partial charge in [-0.1, -0.05) is 52.4 Å². The molecule has 196 valence electrons. The quantitative estimate of drug-likeness (QED) is 0.435. The van der Waals surface area contributed by atoms with Crippen molar-refractivity contribution in [1.82, 2.24) is 20.1 Å². The molecule has 1 saturated carbocycles. The van der Waals surface area contributed by atoms with Crippen LogP contribution in [-0.2, 0) is 4.79 Å². The largest absolute Gasteiger partial charge is 0.481 e. The molecule has 2 aliphatic rings. The number of amides is 2.